The first kappa shape index (κ1) is 11.5. The van der Waals surface area contributed by atoms with Crippen molar-refractivity contribution in [1.29, 1.82) is 0 Å². The molecule has 1 unspecified atom stereocenters. The summed E-state index contributed by atoms with van der Waals surface area (Å²) in [5.41, 5.74) is 6.93. The van der Waals surface area contributed by atoms with Crippen molar-refractivity contribution in [1.82, 2.24) is 0 Å². The zero-order valence-electron chi connectivity index (χ0n) is 9.53. The van der Waals surface area contributed by atoms with Gasteiger partial charge < -0.3 is 10.2 Å². The zero-order chi connectivity index (χ0) is 11.7. The van der Waals surface area contributed by atoms with E-state index in [2.05, 4.69) is 13.8 Å². The highest BCUT2D eigenvalue weighted by molar-refractivity contribution is 6.35. The van der Waals surface area contributed by atoms with E-state index in [1.807, 2.05) is 24.3 Å². The van der Waals surface area contributed by atoms with Crippen LogP contribution in [0.3, 0.4) is 0 Å². The molecule has 1 aromatic carbocycles. The SMILES string of the molecule is CCC(C)[C@H](N)c1cc2c(Cl)cccc2o1. The molecular formula is C13H16ClNO. The smallest absolute Gasteiger partial charge is 0.135 e. The van der Waals surface area contributed by atoms with Crippen LogP contribution in [0, 0.1) is 5.92 Å². The Kier molecular flexibility index (Phi) is 3.22. The minimum absolute atomic E-state index is 0.0616. The number of halogens is 1. The summed E-state index contributed by atoms with van der Waals surface area (Å²) >= 11 is 6.09. The summed E-state index contributed by atoms with van der Waals surface area (Å²) in [5.74, 6) is 1.22. The molecule has 0 spiro atoms. The molecule has 16 heavy (non-hydrogen) atoms. The Bertz CT molecular complexity index is 492. The monoisotopic (exact) mass is 237 g/mol. The van der Waals surface area contributed by atoms with Crippen LogP contribution >= 0.6 is 11.6 Å². The topological polar surface area (TPSA) is 39.2 Å². The molecule has 0 aliphatic heterocycles. The molecule has 0 fully saturated rings. The summed E-state index contributed by atoms with van der Waals surface area (Å²) in [6, 6.07) is 7.54. The Morgan fingerprint density at radius 1 is 1.44 bits per heavy atom. The molecule has 0 radical (unpaired) electrons. The van der Waals surface area contributed by atoms with Gasteiger partial charge in [-0.05, 0) is 24.1 Å². The third-order valence-corrected chi connectivity index (χ3v) is 3.44. The highest BCUT2D eigenvalue weighted by atomic mass is 35.5. The van der Waals surface area contributed by atoms with E-state index in [1.165, 1.54) is 0 Å². The van der Waals surface area contributed by atoms with Crippen molar-refractivity contribution in [2.24, 2.45) is 11.7 Å². The van der Waals surface area contributed by atoms with Crippen molar-refractivity contribution >= 4 is 22.6 Å². The van der Waals surface area contributed by atoms with Crippen molar-refractivity contribution in [2.45, 2.75) is 26.3 Å². The standard InChI is InChI=1S/C13H16ClNO/c1-3-8(2)13(15)12-7-9-10(14)5-4-6-11(9)16-12/h4-8,13H,3,15H2,1-2H3/t8?,13-/m0/s1. The lowest BCUT2D eigenvalue weighted by Crippen LogP contribution is -2.17. The van der Waals surface area contributed by atoms with Crippen LogP contribution in [0.4, 0.5) is 0 Å². The molecule has 2 aromatic rings. The largest absolute Gasteiger partial charge is 0.459 e. The van der Waals surface area contributed by atoms with E-state index in [-0.39, 0.29) is 6.04 Å². The second kappa shape index (κ2) is 4.48. The molecule has 0 aliphatic carbocycles. The van der Waals surface area contributed by atoms with E-state index in [0.29, 0.717) is 10.9 Å². The Morgan fingerprint density at radius 2 is 2.19 bits per heavy atom. The lowest BCUT2D eigenvalue weighted by Gasteiger charge is -2.15. The van der Waals surface area contributed by atoms with Gasteiger partial charge in [0.15, 0.2) is 0 Å². The van der Waals surface area contributed by atoms with Gasteiger partial charge in [-0.15, -0.1) is 0 Å². The maximum absolute atomic E-state index is 6.13. The second-order valence-corrected chi connectivity index (χ2v) is 4.62. The van der Waals surface area contributed by atoms with Crippen molar-refractivity contribution in [3.8, 4) is 0 Å². The van der Waals surface area contributed by atoms with Crippen LogP contribution in [0.2, 0.25) is 5.02 Å². The van der Waals surface area contributed by atoms with Gasteiger partial charge in [0, 0.05) is 5.39 Å². The highest BCUT2D eigenvalue weighted by Gasteiger charge is 2.18. The number of hydrogen-bond donors (Lipinski definition) is 1. The molecule has 0 saturated heterocycles. The molecule has 1 heterocycles. The van der Waals surface area contributed by atoms with Crippen molar-refractivity contribution < 1.29 is 4.42 Å². The first-order valence-electron chi connectivity index (χ1n) is 5.57. The molecule has 3 heteroatoms. The van der Waals surface area contributed by atoms with Gasteiger partial charge in [-0.25, -0.2) is 0 Å². The van der Waals surface area contributed by atoms with Crippen molar-refractivity contribution in [3.05, 3.63) is 35.0 Å². The minimum atomic E-state index is -0.0616. The first-order valence-corrected chi connectivity index (χ1v) is 5.94. The van der Waals surface area contributed by atoms with Gasteiger partial charge >= 0.3 is 0 Å². The molecule has 2 rings (SSSR count). The van der Waals surface area contributed by atoms with Gasteiger partial charge in [-0.3, -0.25) is 0 Å². The summed E-state index contributed by atoms with van der Waals surface area (Å²) in [6.07, 6.45) is 1.03. The number of hydrogen-bond acceptors (Lipinski definition) is 2. The van der Waals surface area contributed by atoms with Gasteiger partial charge in [0.05, 0.1) is 11.1 Å². The van der Waals surface area contributed by atoms with E-state index in [1.54, 1.807) is 0 Å². The maximum atomic E-state index is 6.13. The molecule has 86 valence electrons. The summed E-state index contributed by atoms with van der Waals surface area (Å²) in [4.78, 5) is 0. The third-order valence-electron chi connectivity index (χ3n) is 3.11. The predicted molar refractivity (Wildman–Crippen MR) is 67.6 cm³/mol. The fraction of sp³-hybridized carbons (Fsp3) is 0.385. The normalized spacial score (nSPS) is 15.2. The van der Waals surface area contributed by atoms with Gasteiger partial charge in [-0.2, -0.15) is 0 Å². The van der Waals surface area contributed by atoms with Crippen LogP contribution in [0.25, 0.3) is 11.0 Å². The average Bonchev–Trinajstić information content (AvgIpc) is 2.72. The molecule has 2 nitrogen and oxygen atoms in total. The van der Waals surface area contributed by atoms with E-state index in [4.69, 9.17) is 21.8 Å². The van der Waals surface area contributed by atoms with Crippen LogP contribution in [0.15, 0.2) is 28.7 Å². The number of benzene rings is 1. The van der Waals surface area contributed by atoms with Gasteiger partial charge in [0.1, 0.15) is 11.3 Å². The van der Waals surface area contributed by atoms with E-state index in [9.17, 15) is 0 Å². The molecule has 2 N–H and O–H groups in total. The molecule has 0 saturated carbocycles. The van der Waals surface area contributed by atoms with Gasteiger partial charge in [0.2, 0.25) is 0 Å². The lowest BCUT2D eigenvalue weighted by atomic mass is 9.98. The van der Waals surface area contributed by atoms with Crippen LogP contribution in [0.5, 0.6) is 0 Å². The lowest BCUT2D eigenvalue weighted by molar-refractivity contribution is 0.388. The Labute approximate surface area is 100 Å². The number of fused-ring (bicyclic) bond motifs is 1. The second-order valence-electron chi connectivity index (χ2n) is 4.21. The molecule has 0 aliphatic rings. The van der Waals surface area contributed by atoms with Gasteiger partial charge in [-0.1, -0.05) is 37.9 Å². The molecule has 1 aromatic heterocycles. The summed E-state index contributed by atoms with van der Waals surface area (Å²) in [5, 5.41) is 1.65. The zero-order valence-corrected chi connectivity index (χ0v) is 10.3. The Balaban J connectivity index is 2.43. The minimum Gasteiger partial charge on any atom is -0.459 e. The Morgan fingerprint density at radius 3 is 2.81 bits per heavy atom. The average molecular weight is 238 g/mol. The van der Waals surface area contributed by atoms with Crippen LogP contribution < -0.4 is 5.73 Å². The number of furan rings is 1. The predicted octanol–water partition coefficient (Wildman–Crippen LogP) is 4.13. The molecule has 0 bridgehead atoms. The van der Waals surface area contributed by atoms with Crippen molar-refractivity contribution in [2.75, 3.05) is 0 Å². The summed E-state index contributed by atoms with van der Waals surface area (Å²) in [6.45, 7) is 4.25. The van der Waals surface area contributed by atoms with E-state index < -0.39 is 0 Å². The maximum Gasteiger partial charge on any atom is 0.135 e. The molecule has 0 amide bonds. The first-order chi connectivity index (χ1) is 7.63. The van der Waals surface area contributed by atoms with E-state index in [0.717, 1.165) is 23.2 Å². The van der Waals surface area contributed by atoms with Crippen molar-refractivity contribution in [3.63, 3.8) is 0 Å². The summed E-state index contributed by atoms with van der Waals surface area (Å²) < 4.78 is 5.72. The number of nitrogens with two attached hydrogens (primary N) is 1. The Hall–Kier alpha value is -0.990. The third kappa shape index (κ3) is 1.95. The fourth-order valence-corrected chi connectivity index (χ4v) is 1.96. The number of rotatable bonds is 3. The fourth-order valence-electron chi connectivity index (χ4n) is 1.74. The van der Waals surface area contributed by atoms with Crippen LogP contribution in [0.1, 0.15) is 32.1 Å². The van der Waals surface area contributed by atoms with E-state index >= 15 is 0 Å². The molecule has 2 atom stereocenters. The quantitative estimate of drug-likeness (QED) is 0.872. The van der Waals surface area contributed by atoms with Crippen LogP contribution in [-0.4, -0.2) is 0 Å². The highest BCUT2D eigenvalue weighted by Crippen LogP contribution is 2.31. The van der Waals surface area contributed by atoms with Gasteiger partial charge in [0.25, 0.3) is 0 Å². The molecular weight excluding hydrogens is 222 g/mol. The summed E-state index contributed by atoms with van der Waals surface area (Å²) in [7, 11) is 0. The van der Waals surface area contributed by atoms with Crippen LogP contribution in [-0.2, 0) is 0 Å².